The number of nitrogen functional groups attached to an aromatic ring is 1. The summed E-state index contributed by atoms with van der Waals surface area (Å²) in [5, 5.41) is 31.1. The molecule has 3 fully saturated rings. The SMILES string of the molecule is COC1=C(C)C(=O)C2=C(C1=O)C(OC(N)=O)[C@]1(OC)[C@H]3[C@@H](CN21)N3C(=O)CCCN1C(=O)CC(SCC(C=O)NC(=O)[C@@H](CC(=O)O)NC(=O)[C@@H](CCCN=C(N)N)NC(=O)CC[C@@H](NC(=O)c2ccc(NCc3cnc4nc(N)[nH]c(=O)c4n3)cc2)C(=O)O)C1=O. The Bertz CT molecular complexity index is 3710. The van der Waals surface area contributed by atoms with E-state index in [1.807, 2.05) is 0 Å². The van der Waals surface area contributed by atoms with Gasteiger partial charge in [-0.1, -0.05) is 0 Å². The molecule has 36 nitrogen and oxygen atoms in total. The van der Waals surface area contributed by atoms with Crippen molar-refractivity contribution in [2.75, 3.05) is 50.7 Å². The highest BCUT2D eigenvalue weighted by atomic mass is 32.2. The number of hydrogen-bond acceptors (Lipinski definition) is 25. The number of ether oxygens (including phenoxy) is 3. The van der Waals surface area contributed by atoms with E-state index in [4.69, 9.17) is 37.1 Å². The summed E-state index contributed by atoms with van der Waals surface area (Å²) < 4.78 is 16.6. The predicted octanol–water partition coefficient (Wildman–Crippen LogP) is -4.27. The van der Waals surface area contributed by atoms with Crippen LogP contribution in [-0.2, 0) is 73.5 Å². The van der Waals surface area contributed by atoms with Crippen LogP contribution in [0.2, 0.25) is 0 Å². The molecule has 490 valence electrons. The summed E-state index contributed by atoms with van der Waals surface area (Å²) in [4.78, 5) is 205. The second-order valence-corrected chi connectivity index (χ2v) is 22.8. The van der Waals surface area contributed by atoms with Crippen LogP contribution in [0, 0.1) is 0 Å². The van der Waals surface area contributed by atoms with Gasteiger partial charge >= 0.3 is 18.0 Å². The van der Waals surface area contributed by atoms with Crippen LogP contribution in [0.4, 0.5) is 16.4 Å². The number of imide groups is 1. The Morgan fingerprint density at radius 3 is 2.27 bits per heavy atom. The second-order valence-electron chi connectivity index (χ2n) is 21.6. The number of aliphatic imine (C=N–C) groups is 1. The number of methoxy groups -OCH3 is 2. The number of rotatable bonds is 31. The van der Waals surface area contributed by atoms with E-state index in [9.17, 15) is 77.3 Å². The Morgan fingerprint density at radius 2 is 1.62 bits per heavy atom. The number of carbonyl (C=O) groups excluding carboxylic acids is 11. The van der Waals surface area contributed by atoms with Gasteiger partial charge in [0.2, 0.25) is 58.7 Å². The number of piperazine rings is 1. The molecular weight excluding hydrogens is 1230 g/mol. The van der Waals surface area contributed by atoms with E-state index in [0.717, 1.165) is 16.7 Å². The molecule has 3 unspecified atom stereocenters. The number of nitrogens with one attached hydrogen (secondary N) is 6. The molecule has 3 saturated heterocycles. The molecule has 6 heterocycles. The molecule has 37 heteroatoms. The summed E-state index contributed by atoms with van der Waals surface area (Å²) >= 11 is 0.826. The monoisotopic (exact) mass is 1300 g/mol. The number of likely N-dealkylation sites (tertiary alicyclic amines) is 1. The number of aromatic amines is 1. The molecule has 16 N–H and O–H groups in total. The number of nitrogens with zero attached hydrogens (tertiary/aromatic N) is 7. The maximum atomic E-state index is 13.8. The van der Waals surface area contributed by atoms with Gasteiger partial charge in [0.15, 0.2) is 29.0 Å². The fourth-order valence-corrected chi connectivity index (χ4v) is 12.4. The van der Waals surface area contributed by atoms with Crippen molar-refractivity contribution in [1.82, 2.24) is 55.9 Å². The number of ketones is 2. The van der Waals surface area contributed by atoms with Crippen molar-refractivity contribution in [2.45, 2.75) is 118 Å². The molecule has 8 rings (SSSR count). The number of thioether (sulfide) groups is 1. The Hall–Kier alpha value is -10.6. The number of aliphatic carboxylic acids is 2. The molecule has 5 aliphatic rings. The molecule has 0 bridgehead atoms. The van der Waals surface area contributed by atoms with Gasteiger partial charge in [0.25, 0.3) is 11.5 Å². The third kappa shape index (κ3) is 14.5. The number of carboxylic acids is 2. The molecule has 9 atom stereocenters. The lowest BCUT2D eigenvalue weighted by Gasteiger charge is -2.40. The largest absolute Gasteiger partial charge is 0.492 e. The van der Waals surface area contributed by atoms with E-state index >= 15 is 0 Å². The summed E-state index contributed by atoms with van der Waals surface area (Å²) in [6.45, 7) is 1.28. The summed E-state index contributed by atoms with van der Waals surface area (Å²) in [7, 11) is 2.47. The number of H-pyrrole nitrogens is 1. The number of anilines is 2. The number of Topliss-reactive ketones (excluding diaryl/α,β-unsaturated/α-hetero) is 2. The fraction of sp³-hybridized carbons (Fsp3) is 0.455. The van der Waals surface area contributed by atoms with Gasteiger partial charge in [0.05, 0.1) is 60.6 Å². The highest BCUT2D eigenvalue weighted by Crippen LogP contribution is 2.58. The van der Waals surface area contributed by atoms with Gasteiger partial charge < -0.3 is 88.5 Å². The molecule has 8 amide bonds. The number of aldehydes is 1. The Balaban J connectivity index is 0.807. The number of guanidine groups is 1. The first kappa shape index (κ1) is 67.3. The average Bonchev–Trinajstić information content (AvgIpc) is 1.49. The molecule has 4 aliphatic heterocycles. The molecule has 92 heavy (non-hydrogen) atoms. The van der Waals surface area contributed by atoms with Crippen LogP contribution in [0.25, 0.3) is 11.2 Å². The van der Waals surface area contributed by atoms with Gasteiger partial charge in [0, 0.05) is 68.6 Å². The second kappa shape index (κ2) is 28.5. The van der Waals surface area contributed by atoms with Gasteiger partial charge in [-0.15, -0.1) is 11.8 Å². The van der Waals surface area contributed by atoms with Gasteiger partial charge in [-0.2, -0.15) is 4.98 Å². The van der Waals surface area contributed by atoms with Crippen molar-refractivity contribution in [3.05, 3.63) is 74.7 Å². The van der Waals surface area contributed by atoms with Gasteiger partial charge in [-0.25, -0.2) is 19.6 Å². The van der Waals surface area contributed by atoms with Crippen LogP contribution >= 0.6 is 11.8 Å². The zero-order valence-electron chi connectivity index (χ0n) is 49.5. The van der Waals surface area contributed by atoms with Crippen LogP contribution in [0.3, 0.4) is 0 Å². The van der Waals surface area contributed by atoms with E-state index in [-0.39, 0.29) is 122 Å². The standard InChI is InChI=1S/C55H65N17O19S/c1-23-40(79)39-37(41(80)42(23)89-2)44(91-54(59)88)55(90-3)43-31(20-71(39)55)72(43)34(75)7-5-15-70-35(76)17-32(50(70)85)92-22-27(21-73)64-48(83)30(16-36(77)78)67-47(82)28(6-4-14-60-52(56)57)65-33(74)13-12-29(51(86)87)66-46(81)24-8-10-25(11-9-24)61-18-26-19-62-45-38(63-26)49(84)69-53(58)68-45/h8-11,19,21,27-32,43-44,61H,4-7,12-18,20,22H2,1-3H3,(H2,59,88)(H,64,83)(H,65,74)(H,66,81)(H,67,82)(H,77,78)(H,86,87)(H4,56,57,60)(H3,58,62,68,69,84)/t27?,28-,29-,30-,31-,32?,43-,44?,55-,72?/m1/s1. The number of aromatic nitrogens is 4. The minimum absolute atomic E-state index is 0.0108. The zero-order chi connectivity index (χ0) is 67.0. The molecule has 1 aromatic carbocycles. The Kier molecular flexibility index (Phi) is 20.9. The number of benzene rings is 1. The Labute approximate surface area is 524 Å². The number of carboxylic acid groups (broad SMARTS) is 2. The van der Waals surface area contributed by atoms with E-state index in [1.165, 1.54) is 61.4 Å². The minimum Gasteiger partial charge on any atom is -0.492 e. The van der Waals surface area contributed by atoms with Crippen LogP contribution in [0.15, 0.2) is 62.9 Å². The van der Waals surface area contributed by atoms with Crippen molar-refractivity contribution in [3.8, 4) is 0 Å². The highest BCUT2D eigenvalue weighted by molar-refractivity contribution is 8.00. The maximum absolute atomic E-state index is 13.8. The van der Waals surface area contributed by atoms with E-state index in [0.29, 0.717) is 11.4 Å². The fourth-order valence-electron chi connectivity index (χ4n) is 11.3. The molecule has 0 radical (unpaired) electrons. The first-order valence-corrected chi connectivity index (χ1v) is 29.4. The number of carbonyl (C=O) groups is 13. The lowest BCUT2D eigenvalue weighted by molar-refractivity contribution is -0.164. The van der Waals surface area contributed by atoms with Crippen LogP contribution in [0.5, 0.6) is 0 Å². The predicted molar refractivity (Wildman–Crippen MR) is 317 cm³/mol. The molecule has 1 aliphatic carbocycles. The number of hydrogen-bond donors (Lipinski definition) is 12. The minimum atomic E-state index is -1.87. The lowest BCUT2D eigenvalue weighted by Crippen LogP contribution is -2.58. The van der Waals surface area contributed by atoms with Crippen molar-refractivity contribution < 1.29 is 86.8 Å². The van der Waals surface area contributed by atoms with Crippen molar-refractivity contribution in [1.29, 1.82) is 0 Å². The van der Waals surface area contributed by atoms with Crippen LogP contribution in [0.1, 0.15) is 74.3 Å². The summed E-state index contributed by atoms with van der Waals surface area (Å²) in [6.07, 6.45) is -3.91. The quantitative estimate of drug-likeness (QED) is 0.00552. The van der Waals surface area contributed by atoms with Crippen LogP contribution in [-0.4, -0.2) is 221 Å². The van der Waals surface area contributed by atoms with Gasteiger partial charge in [0.1, 0.15) is 30.5 Å². The summed E-state index contributed by atoms with van der Waals surface area (Å²) in [5.41, 5.74) is 20.2. The first-order valence-electron chi connectivity index (χ1n) is 28.4. The number of amides is 8. The summed E-state index contributed by atoms with van der Waals surface area (Å²) in [5.74, 6) is -11.0. The van der Waals surface area contributed by atoms with E-state index in [1.54, 1.807) is 0 Å². The van der Waals surface area contributed by atoms with Crippen molar-refractivity contribution >= 4 is 118 Å². The van der Waals surface area contributed by atoms with E-state index in [2.05, 4.69) is 51.5 Å². The number of allylic oxidation sites excluding steroid dienone is 2. The third-order valence-electron chi connectivity index (χ3n) is 15.6. The topological polar surface area (TPSA) is 548 Å². The van der Waals surface area contributed by atoms with Crippen molar-refractivity contribution in [3.63, 3.8) is 0 Å². The molecule has 2 aromatic heterocycles. The number of fused-ring (bicyclic) bond motifs is 5. The lowest BCUT2D eigenvalue weighted by atomic mass is 9.89. The normalized spacial score (nSPS) is 20.9. The molecule has 0 saturated carbocycles. The zero-order valence-corrected chi connectivity index (χ0v) is 50.3. The smallest absolute Gasteiger partial charge is 0.405 e. The van der Waals surface area contributed by atoms with Gasteiger partial charge in [-0.05, 0) is 56.9 Å². The Morgan fingerprint density at radius 1 is 0.902 bits per heavy atom. The van der Waals surface area contributed by atoms with Crippen LogP contribution < -0.4 is 55.1 Å². The van der Waals surface area contributed by atoms with E-state index < -0.39 is 149 Å². The highest BCUT2D eigenvalue weighted by Gasteiger charge is 2.78. The maximum Gasteiger partial charge on any atom is 0.405 e. The number of primary amides is 1. The van der Waals surface area contributed by atoms with Crippen molar-refractivity contribution in [2.24, 2.45) is 22.2 Å². The summed E-state index contributed by atoms with van der Waals surface area (Å²) in [6, 6.07) is -1.97. The third-order valence-corrected chi connectivity index (χ3v) is 17.0. The molecule has 3 aromatic rings. The average molecular weight is 1300 g/mol. The number of nitrogens with two attached hydrogens (primary N) is 4. The van der Waals surface area contributed by atoms with Gasteiger partial charge in [-0.3, -0.25) is 67.6 Å². The molecular formula is C55H65N17O19S. The first-order chi connectivity index (χ1) is 43.7. The molecule has 0 spiro atoms.